The van der Waals surface area contributed by atoms with Crippen LogP contribution in [0.4, 0.5) is 11.6 Å². The topological polar surface area (TPSA) is 115 Å². The molecule has 0 radical (unpaired) electrons. The fourth-order valence-electron chi connectivity index (χ4n) is 3.29. The Hall–Kier alpha value is -2.63. The van der Waals surface area contributed by atoms with Gasteiger partial charge in [0.15, 0.2) is 0 Å². The van der Waals surface area contributed by atoms with Crippen molar-refractivity contribution in [2.45, 2.75) is 25.7 Å². The summed E-state index contributed by atoms with van der Waals surface area (Å²) < 4.78 is 44.6. The van der Waals surface area contributed by atoms with Crippen LogP contribution in [0.5, 0.6) is 11.5 Å². The van der Waals surface area contributed by atoms with E-state index in [0.29, 0.717) is 50.4 Å². The van der Waals surface area contributed by atoms with Gasteiger partial charge in [0.05, 0.1) is 26.4 Å². The van der Waals surface area contributed by atoms with Gasteiger partial charge in [0.2, 0.25) is 10.0 Å². The smallest absolute Gasteiger partial charge is 0.244 e. The maximum Gasteiger partial charge on any atom is 0.244 e. The number of ether oxygens (including phenoxy) is 3. The van der Waals surface area contributed by atoms with Crippen LogP contribution in [0.3, 0.4) is 0 Å². The van der Waals surface area contributed by atoms with Crippen molar-refractivity contribution in [3.05, 3.63) is 30.1 Å². The standard InChI is InChI=1S/C21H31N5O5S/c1-4-30-17-6-7-19(18(14-17)31-5-2)32(27,28)23-9-8-22-20-15-21(25-16(3)24-20)26-10-12-29-13-11-26/h6-7,14-15,23H,4-5,8-13H2,1-3H3,(H,22,24,25). The summed E-state index contributed by atoms with van der Waals surface area (Å²) in [5.74, 6) is 2.95. The van der Waals surface area contributed by atoms with Gasteiger partial charge in [-0.2, -0.15) is 0 Å². The zero-order valence-electron chi connectivity index (χ0n) is 18.8. The Morgan fingerprint density at radius 3 is 2.53 bits per heavy atom. The monoisotopic (exact) mass is 465 g/mol. The summed E-state index contributed by atoms with van der Waals surface area (Å²) in [4.78, 5) is 11.1. The average molecular weight is 466 g/mol. The first-order valence-corrected chi connectivity index (χ1v) is 12.2. The third kappa shape index (κ3) is 6.44. The quantitative estimate of drug-likeness (QED) is 0.479. The second-order valence-corrected chi connectivity index (χ2v) is 8.79. The largest absolute Gasteiger partial charge is 0.494 e. The molecule has 0 atom stereocenters. The highest BCUT2D eigenvalue weighted by Gasteiger charge is 2.20. The zero-order chi connectivity index (χ0) is 23.0. The zero-order valence-corrected chi connectivity index (χ0v) is 19.6. The van der Waals surface area contributed by atoms with E-state index in [2.05, 4.69) is 24.9 Å². The lowest BCUT2D eigenvalue weighted by atomic mass is 10.3. The Balaban J connectivity index is 1.61. The molecule has 0 amide bonds. The molecule has 0 unspecified atom stereocenters. The normalized spacial score (nSPS) is 14.3. The predicted molar refractivity (Wildman–Crippen MR) is 122 cm³/mol. The Bertz CT molecular complexity index is 996. The Morgan fingerprint density at radius 2 is 1.81 bits per heavy atom. The number of anilines is 2. The highest BCUT2D eigenvalue weighted by atomic mass is 32.2. The molecule has 1 fully saturated rings. The van der Waals surface area contributed by atoms with Crippen molar-refractivity contribution in [3.8, 4) is 11.5 Å². The molecular formula is C21H31N5O5S. The van der Waals surface area contributed by atoms with Crippen molar-refractivity contribution in [3.63, 3.8) is 0 Å². The number of sulfonamides is 1. The second kappa shape index (κ2) is 11.3. The first-order chi connectivity index (χ1) is 15.4. The van der Waals surface area contributed by atoms with Crippen molar-refractivity contribution < 1.29 is 22.6 Å². The minimum atomic E-state index is -3.76. The SMILES string of the molecule is CCOc1ccc(S(=O)(=O)NCCNc2cc(N3CCOCC3)nc(C)n2)c(OCC)c1. The van der Waals surface area contributed by atoms with Crippen molar-refractivity contribution in [2.24, 2.45) is 0 Å². The van der Waals surface area contributed by atoms with Crippen LogP contribution in [-0.2, 0) is 14.8 Å². The van der Waals surface area contributed by atoms with Crippen molar-refractivity contribution in [1.29, 1.82) is 0 Å². The minimum Gasteiger partial charge on any atom is -0.494 e. The second-order valence-electron chi connectivity index (χ2n) is 7.06. The van der Waals surface area contributed by atoms with Crippen molar-refractivity contribution >= 4 is 21.7 Å². The van der Waals surface area contributed by atoms with E-state index in [4.69, 9.17) is 14.2 Å². The van der Waals surface area contributed by atoms with E-state index in [-0.39, 0.29) is 17.2 Å². The Morgan fingerprint density at radius 1 is 1.06 bits per heavy atom. The van der Waals surface area contributed by atoms with Crippen LogP contribution < -0.4 is 24.4 Å². The van der Waals surface area contributed by atoms with E-state index < -0.39 is 10.0 Å². The van der Waals surface area contributed by atoms with E-state index in [0.717, 1.165) is 18.9 Å². The van der Waals surface area contributed by atoms with Crippen LogP contribution in [0.2, 0.25) is 0 Å². The molecule has 1 saturated heterocycles. The highest BCUT2D eigenvalue weighted by molar-refractivity contribution is 7.89. The van der Waals surface area contributed by atoms with E-state index in [1.165, 1.54) is 6.07 Å². The molecule has 0 bridgehead atoms. The molecule has 1 aliphatic rings. The van der Waals surface area contributed by atoms with Crippen LogP contribution in [0, 0.1) is 6.92 Å². The Labute approximate surface area is 189 Å². The van der Waals surface area contributed by atoms with Crippen LogP contribution in [0.1, 0.15) is 19.7 Å². The summed E-state index contributed by atoms with van der Waals surface area (Å²) in [5, 5.41) is 3.17. The number of aryl methyl sites for hydroxylation is 1. The van der Waals surface area contributed by atoms with Crippen LogP contribution in [-0.4, -0.2) is 71.0 Å². The first kappa shape index (κ1) is 24.0. The van der Waals surface area contributed by atoms with E-state index in [9.17, 15) is 8.42 Å². The maximum absolute atomic E-state index is 12.8. The van der Waals surface area contributed by atoms with Gasteiger partial charge in [-0.25, -0.2) is 23.1 Å². The third-order valence-electron chi connectivity index (χ3n) is 4.70. The highest BCUT2D eigenvalue weighted by Crippen LogP contribution is 2.28. The predicted octanol–water partition coefficient (Wildman–Crippen LogP) is 1.81. The van der Waals surface area contributed by atoms with Gasteiger partial charge in [-0.05, 0) is 32.9 Å². The summed E-state index contributed by atoms with van der Waals surface area (Å²) in [6, 6.07) is 6.58. The van der Waals surface area contributed by atoms with Crippen molar-refractivity contribution in [2.75, 3.05) is 62.8 Å². The van der Waals surface area contributed by atoms with E-state index in [1.54, 1.807) is 19.1 Å². The van der Waals surface area contributed by atoms with E-state index in [1.807, 2.05) is 19.9 Å². The number of hydrogen-bond acceptors (Lipinski definition) is 9. The first-order valence-electron chi connectivity index (χ1n) is 10.7. The molecule has 2 N–H and O–H groups in total. The lowest BCUT2D eigenvalue weighted by molar-refractivity contribution is 0.122. The van der Waals surface area contributed by atoms with Gasteiger partial charge < -0.3 is 24.4 Å². The van der Waals surface area contributed by atoms with Gasteiger partial charge in [-0.3, -0.25) is 0 Å². The van der Waals surface area contributed by atoms with Gasteiger partial charge in [0.1, 0.15) is 33.9 Å². The lowest BCUT2D eigenvalue weighted by Crippen LogP contribution is -2.37. The fourth-order valence-corrected chi connectivity index (χ4v) is 4.44. The molecule has 0 saturated carbocycles. The number of nitrogens with one attached hydrogen (secondary N) is 2. The molecule has 1 aliphatic heterocycles. The molecule has 0 spiro atoms. The van der Waals surface area contributed by atoms with Gasteiger partial charge in [-0.15, -0.1) is 0 Å². The molecule has 32 heavy (non-hydrogen) atoms. The Kier molecular flexibility index (Phi) is 8.48. The molecule has 3 rings (SSSR count). The van der Waals surface area contributed by atoms with Gasteiger partial charge >= 0.3 is 0 Å². The fraction of sp³-hybridized carbons (Fsp3) is 0.524. The summed E-state index contributed by atoms with van der Waals surface area (Å²) in [5.41, 5.74) is 0. The summed E-state index contributed by atoms with van der Waals surface area (Å²) in [6.07, 6.45) is 0. The number of hydrogen-bond donors (Lipinski definition) is 2. The lowest BCUT2D eigenvalue weighted by Gasteiger charge is -2.28. The van der Waals surface area contributed by atoms with E-state index >= 15 is 0 Å². The molecule has 176 valence electrons. The van der Waals surface area contributed by atoms with Gasteiger partial charge in [0, 0.05) is 38.3 Å². The number of aromatic nitrogens is 2. The summed E-state index contributed by atoms with van der Waals surface area (Å²) in [7, 11) is -3.76. The number of nitrogens with zero attached hydrogens (tertiary/aromatic N) is 3. The van der Waals surface area contributed by atoms with Crippen LogP contribution in [0.15, 0.2) is 29.2 Å². The number of benzene rings is 1. The van der Waals surface area contributed by atoms with Crippen LogP contribution in [0.25, 0.3) is 0 Å². The number of rotatable bonds is 11. The molecule has 2 heterocycles. The van der Waals surface area contributed by atoms with Gasteiger partial charge in [0.25, 0.3) is 0 Å². The average Bonchev–Trinajstić information content (AvgIpc) is 2.77. The minimum absolute atomic E-state index is 0.0790. The molecule has 0 aliphatic carbocycles. The third-order valence-corrected chi connectivity index (χ3v) is 6.20. The molecular weight excluding hydrogens is 434 g/mol. The van der Waals surface area contributed by atoms with Crippen molar-refractivity contribution in [1.82, 2.24) is 14.7 Å². The molecule has 10 nitrogen and oxygen atoms in total. The molecule has 1 aromatic carbocycles. The van der Waals surface area contributed by atoms with Crippen LogP contribution >= 0.6 is 0 Å². The maximum atomic E-state index is 12.8. The summed E-state index contributed by atoms with van der Waals surface area (Å²) in [6.45, 7) is 9.76. The molecule has 2 aromatic rings. The van der Waals surface area contributed by atoms with Gasteiger partial charge in [-0.1, -0.05) is 0 Å². The molecule has 11 heteroatoms. The summed E-state index contributed by atoms with van der Waals surface area (Å²) >= 11 is 0. The number of morpholine rings is 1. The molecule has 1 aromatic heterocycles.